The van der Waals surface area contributed by atoms with Gasteiger partial charge in [0.05, 0.1) is 0 Å². The summed E-state index contributed by atoms with van der Waals surface area (Å²) in [5.74, 6) is 1.24. The molecule has 2 N–H and O–H groups in total. The summed E-state index contributed by atoms with van der Waals surface area (Å²) in [6.45, 7) is 1.98. The Labute approximate surface area is 165 Å². The summed E-state index contributed by atoms with van der Waals surface area (Å²) in [5.41, 5.74) is 0.996. The first-order valence-electron chi connectivity index (χ1n) is 9.26. The van der Waals surface area contributed by atoms with Crippen LogP contribution in [0.4, 0.5) is 11.8 Å². The van der Waals surface area contributed by atoms with E-state index in [9.17, 15) is 4.79 Å². The molecule has 7 heteroatoms. The number of benzene rings is 1. The first-order valence-corrected chi connectivity index (χ1v) is 9.64. The Morgan fingerprint density at radius 2 is 1.96 bits per heavy atom. The maximum Gasteiger partial charge on any atom is 0.253 e. The topological polar surface area (TPSA) is 70.1 Å². The van der Waals surface area contributed by atoms with Crippen LogP contribution < -0.4 is 15.5 Å². The molecule has 1 saturated carbocycles. The Morgan fingerprint density at radius 1 is 1.22 bits per heavy atom. The van der Waals surface area contributed by atoms with Crippen LogP contribution in [0.2, 0.25) is 5.02 Å². The highest BCUT2D eigenvalue weighted by Crippen LogP contribution is 2.30. The molecule has 1 aromatic carbocycles. The van der Waals surface area contributed by atoms with Gasteiger partial charge in [0.25, 0.3) is 5.91 Å². The monoisotopic (exact) mass is 387 g/mol. The molecular formula is C20H26ClN5O. The van der Waals surface area contributed by atoms with Crippen molar-refractivity contribution < 1.29 is 4.79 Å². The second-order valence-electron chi connectivity index (χ2n) is 7.33. The quantitative estimate of drug-likeness (QED) is 0.758. The van der Waals surface area contributed by atoms with Crippen molar-refractivity contribution in [3.63, 3.8) is 0 Å². The number of rotatable bonds is 5. The van der Waals surface area contributed by atoms with E-state index in [1.54, 1.807) is 30.5 Å². The van der Waals surface area contributed by atoms with Gasteiger partial charge >= 0.3 is 0 Å². The van der Waals surface area contributed by atoms with Crippen LogP contribution in [0.5, 0.6) is 0 Å². The number of aryl methyl sites for hydroxylation is 1. The number of halogens is 1. The molecule has 0 radical (unpaired) electrons. The molecule has 1 fully saturated rings. The molecule has 1 aliphatic carbocycles. The van der Waals surface area contributed by atoms with Crippen molar-refractivity contribution in [3.8, 4) is 0 Å². The molecule has 1 amide bonds. The molecule has 0 atom stereocenters. The second-order valence-corrected chi connectivity index (χ2v) is 7.76. The molecule has 0 aliphatic heterocycles. The third-order valence-corrected chi connectivity index (χ3v) is 5.10. The van der Waals surface area contributed by atoms with Crippen molar-refractivity contribution in [2.24, 2.45) is 0 Å². The number of nitrogens with zero attached hydrogens (tertiary/aromatic N) is 3. The zero-order valence-electron chi connectivity index (χ0n) is 16.1. The summed E-state index contributed by atoms with van der Waals surface area (Å²) in [4.78, 5) is 23.9. The average Bonchev–Trinajstić information content (AvgIpc) is 2.64. The van der Waals surface area contributed by atoms with Gasteiger partial charge < -0.3 is 15.5 Å². The van der Waals surface area contributed by atoms with E-state index < -0.39 is 5.66 Å². The molecule has 0 saturated heterocycles. The number of hydrogen-bond donors (Lipinski definition) is 2. The lowest BCUT2D eigenvalue weighted by Crippen LogP contribution is -2.55. The van der Waals surface area contributed by atoms with Gasteiger partial charge in [-0.05, 0) is 50.8 Å². The fourth-order valence-corrected chi connectivity index (χ4v) is 3.71. The van der Waals surface area contributed by atoms with E-state index in [2.05, 4.69) is 20.6 Å². The lowest BCUT2D eigenvalue weighted by molar-refractivity contribution is 0.0888. The number of carbonyl (C=O) groups is 1. The van der Waals surface area contributed by atoms with Gasteiger partial charge in [-0.3, -0.25) is 4.79 Å². The minimum atomic E-state index is -0.559. The number of aromatic nitrogens is 2. The van der Waals surface area contributed by atoms with Crippen molar-refractivity contribution in [3.05, 3.63) is 46.6 Å². The average molecular weight is 388 g/mol. The first-order chi connectivity index (χ1) is 12.9. The number of amides is 1. The van der Waals surface area contributed by atoms with E-state index in [1.807, 2.05) is 25.9 Å². The van der Waals surface area contributed by atoms with E-state index in [0.717, 1.165) is 43.5 Å². The zero-order chi connectivity index (χ0) is 19.4. The van der Waals surface area contributed by atoms with Crippen molar-refractivity contribution in [2.75, 3.05) is 24.3 Å². The summed E-state index contributed by atoms with van der Waals surface area (Å²) < 4.78 is 0. The summed E-state index contributed by atoms with van der Waals surface area (Å²) >= 11 is 6.04. The third-order valence-electron chi connectivity index (χ3n) is 4.87. The molecule has 3 rings (SSSR count). The van der Waals surface area contributed by atoms with Crippen LogP contribution in [0.25, 0.3) is 0 Å². The fourth-order valence-electron chi connectivity index (χ4n) is 3.52. The molecular weight excluding hydrogens is 362 g/mol. The van der Waals surface area contributed by atoms with Gasteiger partial charge in [-0.1, -0.05) is 24.1 Å². The van der Waals surface area contributed by atoms with E-state index in [4.69, 9.17) is 11.6 Å². The molecule has 1 aromatic heterocycles. The van der Waals surface area contributed by atoms with Gasteiger partial charge in [0.15, 0.2) is 0 Å². The van der Waals surface area contributed by atoms with Crippen molar-refractivity contribution >= 4 is 29.3 Å². The molecule has 27 heavy (non-hydrogen) atoms. The van der Waals surface area contributed by atoms with Crippen molar-refractivity contribution in [1.29, 1.82) is 0 Å². The van der Waals surface area contributed by atoms with Crippen molar-refractivity contribution in [1.82, 2.24) is 15.3 Å². The molecule has 0 unspecified atom stereocenters. The molecule has 144 valence electrons. The largest absolute Gasteiger partial charge is 0.362 e. The van der Waals surface area contributed by atoms with Gasteiger partial charge in [-0.2, -0.15) is 4.98 Å². The molecule has 6 nitrogen and oxygen atoms in total. The minimum Gasteiger partial charge on any atom is -0.362 e. The Balaban J connectivity index is 1.85. The lowest BCUT2D eigenvalue weighted by atomic mass is 9.88. The maximum atomic E-state index is 12.8. The highest BCUT2D eigenvalue weighted by atomic mass is 35.5. The summed E-state index contributed by atoms with van der Waals surface area (Å²) in [6, 6.07) is 6.99. The first kappa shape index (κ1) is 19.4. The van der Waals surface area contributed by atoms with Gasteiger partial charge in [0, 0.05) is 36.4 Å². The van der Waals surface area contributed by atoms with Gasteiger partial charge in [0.1, 0.15) is 11.5 Å². The van der Waals surface area contributed by atoms with Gasteiger partial charge in [-0.25, -0.2) is 4.98 Å². The Bertz CT molecular complexity index is 818. The van der Waals surface area contributed by atoms with E-state index in [-0.39, 0.29) is 5.91 Å². The van der Waals surface area contributed by atoms with Crippen LogP contribution in [0.3, 0.4) is 0 Å². The number of hydrogen-bond acceptors (Lipinski definition) is 5. The summed E-state index contributed by atoms with van der Waals surface area (Å²) in [7, 11) is 3.91. The highest BCUT2D eigenvalue weighted by molar-refractivity contribution is 6.30. The zero-order valence-corrected chi connectivity index (χ0v) is 16.8. The Kier molecular flexibility index (Phi) is 5.85. The standard InChI is InChI=1S/C20H26ClN5O/c1-14-13-22-19(23-17(14)26(2)3)25-20(10-5-4-6-11-20)24-18(27)15-8-7-9-16(21)12-15/h7-9,12-13H,4-6,10-11H2,1-3H3,(H,24,27)(H,22,23,25). The molecule has 2 aromatic rings. The lowest BCUT2D eigenvalue weighted by Gasteiger charge is -2.39. The van der Waals surface area contributed by atoms with E-state index in [0.29, 0.717) is 16.5 Å². The minimum absolute atomic E-state index is 0.146. The second kappa shape index (κ2) is 8.13. The van der Waals surface area contributed by atoms with Crippen LogP contribution in [0.15, 0.2) is 30.5 Å². The smallest absolute Gasteiger partial charge is 0.253 e. The Hall–Kier alpha value is -2.34. The van der Waals surface area contributed by atoms with Crippen LogP contribution in [0, 0.1) is 6.92 Å². The fraction of sp³-hybridized carbons (Fsp3) is 0.450. The van der Waals surface area contributed by atoms with Crippen molar-refractivity contribution in [2.45, 2.75) is 44.7 Å². The predicted molar refractivity (Wildman–Crippen MR) is 109 cm³/mol. The van der Waals surface area contributed by atoms with Crippen LogP contribution in [0.1, 0.15) is 48.0 Å². The highest BCUT2D eigenvalue weighted by Gasteiger charge is 2.34. The summed E-state index contributed by atoms with van der Waals surface area (Å²) in [6.07, 6.45) is 6.69. The molecule has 0 spiro atoms. The van der Waals surface area contributed by atoms with Gasteiger partial charge in [-0.15, -0.1) is 0 Å². The van der Waals surface area contributed by atoms with E-state index >= 15 is 0 Å². The predicted octanol–water partition coefficient (Wildman–Crippen LogP) is 4.01. The van der Waals surface area contributed by atoms with Crippen LogP contribution >= 0.6 is 11.6 Å². The maximum absolute atomic E-state index is 12.8. The third kappa shape index (κ3) is 4.69. The SMILES string of the molecule is Cc1cnc(NC2(NC(=O)c3cccc(Cl)c3)CCCCC2)nc1N(C)C. The number of nitrogens with one attached hydrogen (secondary N) is 2. The molecule has 1 aliphatic rings. The van der Waals surface area contributed by atoms with Gasteiger partial charge in [0.2, 0.25) is 5.95 Å². The number of carbonyl (C=O) groups excluding carboxylic acids is 1. The molecule has 0 bridgehead atoms. The van der Waals surface area contributed by atoms with Crippen LogP contribution in [-0.4, -0.2) is 35.6 Å². The molecule has 1 heterocycles. The Morgan fingerprint density at radius 3 is 2.63 bits per heavy atom. The summed E-state index contributed by atoms with van der Waals surface area (Å²) in [5, 5.41) is 7.15. The normalized spacial score (nSPS) is 15.9. The van der Waals surface area contributed by atoms with Crippen LogP contribution in [-0.2, 0) is 0 Å². The van der Waals surface area contributed by atoms with E-state index in [1.165, 1.54) is 0 Å². The number of anilines is 2.